The molecule has 0 aliphatic rings. The third-order valence-electron chi connectivity index (χ3n) is 2.47. The van der Waals surface area contributed by atoms with E-state index in [4.69, 9.17) is 9.84 Å². The topological polar surface area (TPSA) is 59.4 Å². The first kappa shape index (κ1) is 12.6. The number of aromatic nitrogens is 1. The molecule has 4 nitrogen and oxygen atoms in total. The van der Waals surface area contributed by atoms with Crippen LogP contribution in [0.1, 0.15) is 16.3 Å². The summed E-state index contributed by atoms with van der Waals surface area (Å²) in [5, 5.41) is 11.2. The van der Waals surface area contributed by atoms with E-state index in [-0.39, 0.29) is 6.42 Å². The molecule has 0 aliphatic carbocycles. The molecule has 94 valence electrons. The molecule has 18 heavy (non-hydrogen) atoms. The Hall–Kier alpha value is -1.88. The van der Waals surface area contributed by atoms with Crippen LogP contribution in [0.4, 0.5) is 0 Å². The highest BCUT2D eigenvalue weighted by Crippen LogP contribution is 2.22. The smallest absolute Gasteiger partial charge is 0.310 e. The molecule has 0 radical (unpaired) electrons. The summed E-state index contributed by atoms with van der Waals surface area (Å²) in [7, 11) is 1.63. The van der Waals surface area contributed by atoms with Crippen LogP contribution in [0.5, 0.6) is 5.75 Å². The lowest BCUT2D eigenvalue weighted by atomic mass is 10.1. The van der Waals surface area contributed by atoms with E-state index in [0.29, 0.717) is 11.4 Å². The number of methoxy groups -OCH3 is 1. The van der Waals surface area contributed by atoms with Crippen molar-refractivity contribution in [3.8, 4) is 5.75 Å². The zero-order chi connectivity index (χ0) is 13.0. The van der Waals surface area contributed by atoms with E-state index in [9.17, 15) is 4.79 Å². The minimum atomic E-state index is -0.854. The van der Waals surface area contributed by atoms with Gasteiger partial charge in [0.05, 0.1) is 19.2 Å². The molecule has 1 N–H and O–H groups in total. The van der Waals surface area contributed by atoms with Crippen LogP contribution in [0.25, 0.3) is 0 Å². The van der Waals surface area contributed by atoms with Gasteiger partial charge in [0.2, 0.25) is 0 Å². The summed E-state index contributed by atoms with van der Waals surface area (Å²) in [6.07, 6.45) is 0.636. The summed E-state index contributed by atoms with van der Waals surface area (Å²) in [5.74, 6) is -0.0292. The van der Waals surface area contributed by atoms with E-state index in [1.165, 1.54) is 11.3 Å². The minimum absolute atomic E-state index is 0.0173. The highest BCUT2D eigenvalue weighted by molar-refractivity contribution is 7.09. The van der Waals surface area contributed by atoms with Gasteiger partial charge in [-0.05, 0) is 6.07 Å². The van der Waals surface area contributed by atoms with Gasteiger partial charge in [-0.1, -0.05) is 18.2 Å². The predicted molar refractivity (Wildman–Crippen MR) is 69.3 cm³/mol. The van der Waals surface area contributed by atoms with Gasteiger partial charge in [0.1, 0.15) is 10.8 Å². The number of carboxylic acid groups (broad SMARTS) is 1. The van der Waals surface area contributed by atoms with Crippen molar-refractivity contribution in [1.82, 2.24) is 4.98 Å². The normalized spacial score (nSPS) is 10.3. The zero-order valence-electron chi connectivity index (χ0n) is 9.92. The molecular formula is C13H13NO3S. The molecule has 1 heterocycles. The van der Waals surface area contributed by atoms with E-state index in [1.54, 1.807) is 7.11 Å². The molecule has 0 bridgehead atoms. The fraction of sp³-hybridized carbons (Fsp3) is 0.231. The first-order chi connectivity index (χ1) is 8.69. The highest BCUT2D eigenvalue weighted by atomic mass is 32.1. The van der Waals surface area contributed by atoms with Crippen LogP contribution in [-0.4, -0.2) is 23.2 Å². The standard InChI is InChI=1S/C13H13NO3S/c1-17-11-5-3-2-4-9(11)6-10-8-18-12(14-10)7-13(15)16/h2-5,8H,6-7H2,1H3,(H,15,16). The van der Waals surface area contributed by atoms with Crippen molar-refractivity contribution in [2.24, 2.45) is 0 Å². The van der Waals surface area contributed by atoms with E-state index >= 15 is 0 Å². The Balaban J connectivity index is 2.13. The number of hydrogen-bond acceptors (Lipinski definition) is 4. The van der Waals surface area contributed by atoms with Gasteiger partial charge in [-0.25, -0.2) is 4.98 Å². The first-order valence-electron chi connectivity index (χ1n) is 5.46. The van der Waals surface area contributed by atoms with Crippen LogP contribution in [0.15, 0.2) is 29.6 Å². The van der Waals surface area contributed by atoms with Crippen molar-refractivity contribution in [1.29, 1.82) is 0 Å². The van der Waals surface area contributed by atoms with Crippen LogP contribution in [0.3, 0.4) is 0 Å². The summed E-state index contributed by atoms with van der Waals surface area (Å²) >= 11 is 1.38. The van der Waals surface area contributed by atoms with Crippen molar-refractivity contribution in [2.45, 2.75) is 12.8 Å². The van der Waals surface area contributed by atoms with Crippen LogP contribution in [-0.2, 0) is 17.6 Å². The molecule has 0 unspecified atom stereocenters. The maximum atomic E-state index is 10.6. The summed E-state index contributed by atoms with van der Waals surface area (Å²) in [5.41, 5.74) is 1.92. The van der Waals surface area contributed by atoms with E-state index in [1.807, 2.05) is 29.6 Å². The Bertz CT molecular complexity index is 551. The fourth-order valence-corrected chi connectivity index (χ4v) is 2.47. The van der Waals surface area contributed by atoms with Crippen LogP contribution >= 0.6 is 11.3 Å². The van der Waals surface area contributed by atoms with Crippen molar-refractivity contribution in [3.63, 3.8) is 0 Å². The third-order valence-corrected chi connectivity index (χ3v) is 3.36. The van der Waals surface area contributed by atoms with Gasteiger partial charge in [-0.2, -0.15) is 0 Å². The van der Waals surface area contributed by atoms with Gasteiger partial charge in [0.15, 0.2) is 0 Å². The Morgan fingerprint density at radius 2 is 2.22 bits per heavy atom. The van der Waals surface area contributed by atoms with Crippen LogP contribution in [0, 0.1) is 0 Å². The molecular weight excluding hydrogens is 250 g/mol. The summed E-state index contributed by atoms with van der Waals surface area (Å²) in [4.78, 5) is 14.9. The molecule has 0 spiro atoms. The molecule has 0 aliphatic heterocycles. The van der Waals surface area contributed by atoms with Gasteiger partial charge in [-0.15, -0.1) is 11.3 Å². The molecule has 1 aromatic heterocycles. The van der Waals surface area contributed by atoms with E-state index in [0.717, 1.165) is 17.0 Å². The highest BCUT2D eigenvalue weighted by Gasteiger charge is 2.09. The average Bonchev–Trinajstić information content (AvgIpc) is 2.76. The van der Waals surface area contributed by atoms with E-state index < -0.39 is 5.97 Å². The van der Waals surface area contributed by atoms with Gasteiger partial charge in [0, 0.05) is 17.4 Å². The molecule has 0 saturated carbocycles. The van der Waals surface area contributed by atoms with Gasteiger partial charge in [0.25, 0.3) is 0 Å². The number of para-hydroxylation sites is 1. The second kappa shape index (κ2) is 5.64. The quantitative estimate of drug-likeness (QED) is 0.899. The first-order valence-corrected chi connectivity index (χ1v) is 6.34. The van der Waals surface area contributed by atoms with Crippen molar-refractivity contribution in [3.05, 3.63) is 45.9 Å². The van der Waals surface area contributed by atoms with Gasteiger partial charge in [-0.3, -0.25) is 4.79 Å². The monoisotopic (exact) mass is 263 g/mol. The number of benzene rings is 1. The predicted octanol–water partition coefficient (Wildman–Crippen LogP) is 2.37. The average molecular weight is 263 g/mol. The zero-order valence-corrected chi connectivity index (χ0v) is 10.7. The molecule has 0 atom stereocenters. The molecule has 1 aromatic carbocycles. The maximum Gasteiger partial charge on any atom is 0.310 e. The van der Waals surface area contributed by atoms with Crippen molar-refractivity contribution in [2.75, 3.05) is 7.11 Å². The van der Waals surface area contributed by atoms with Crippen molar-refractivity contribution < 1.29 is 14.6 Å². The molecule has 2 rings (SSSR count). The number of carbonyl (C=O) groups is 1. The number of aliphatic carboxylic acids is 1. The second-order valence-corrected chi connectivity index (χ2v) is 4.73. The Kier molecular flexibility index (Phi) is 3.94. The number of hydrogen-bond donors (Lipinski definition) is 1. The molecule has 0 fully saturated rings. The largest absolute Gasteiger partial charge is 0.496 e. The lowest BCUT2D eigenvalue weighted by Gasteiger charge is -2.05. The minimum Gasteiger partial charge on any atom is -0.496 e. The summed E-state index contributed by atoms with van der Waals surface area (Å²) in [6.45, 7) is 0. The van der Waals surface area contributed by atoms with Crippen LogP contribution in [0.2, 0.25) is 0 Å². The fourth-order valence-electron chi connectivity index (χ4n) is 1.68. The Labute approximate surface area is 109 Å². The molecule has 2 aromatic rings. The second-order valence-electron chi connectivity index (χ2n) is 3.79. The Morgan fingerprint density at radius 1 is 1.44 bits per heavy atom. The van der Waals surface area contributed by atoms with Crippen LogP contribution < -0.4 is 4.74 Å². The maximum absolute atomic E-state index is 10.6. The number of thiazole rings is 1. The number of nitrogens with zero attached hydrogens (tertiary/aromatic N) is 1. The molecule has 0 amide bonds. The van der Waals surface area contributed by atoms with Gasteiger partial charge < -0.3 is 9.84 Å². The number of carboxylic acids is 1. The number of rotatable bonds is 5. The van der Waals surface area contributed by atoms with E-state index in [2.05, 4.69) is 4.98 Å². The lowest BCUT2D eigenvalue weighted by molar-refractivity contribution is -0.136. The summed E-state index contributed by atoms with van der Waals surface area (Å²) in [6, 6.07) is 7.75. The number of ether oxygens (including phenoxy) is 1. The lowest BCUT2D eigenvalue weighted by Crippen LogP contribution is -2.00. The van der Waals surface area contributed by atoms with Gasteiger partial charge >= 0.3 is 5.97 Å². The third kappa shape index (κ3) is 3.07. The summed E-state index contributed by atoms with van der Waals surface area (Å²) < 4.78 is 5.27. The molecule has 0 saturated heterocycles. The SMILES string of the molecule is COc1ccccc1Cc1csc(CC(=O)O)n1. The van der Waals surface area contributed by atoms with Crippen molar-refractivity contribution >= 4 is 17.3 Å². The Morgan fingerprint density at radius 3 is 2.94 bits per heavy atom. The molecule has 5 heteroatoms.